The Labute approximate surface area is 244 Å². The SMILES string of the molecule is Nc1ccccc1Oc1ccc(-c2c3ccccc3c(-c3ccc(Oc4ccccc4N)cc3)c3ccccc23)cc1. The van der Waals surface area contributed by atoms with Crippen LogP contribution in [0.2, 0.25) is 0 Å². The van der Waals surface area contributed by atoms with Crippen LogP contribution in [0.15, 0.2) is 146 Å². The fraction of sp³-hybridized carbons (Fsp3) is 0. The van der Waals surface area contributed by atoms with Crippen molar-refractivity contribution in [3.8, 4) is 45.3 Å². The number of nitrogen functional groups attached to an aromatic ring is 2. The first-order valence-electron chi connectivity index (χ1n) is 13.8. The molecule has 4 nitrogen and oxygen atoms in total. The number of hydrogen-bond donors (Lipinski definition) is 2. The van der Waals surface area contributed by atoms with Gasteiger partial charge in [-0.1, -0.05) is 97.1 Å². The highest BCUT2D eigenvalue weighted by molar-refractivity contribution is 6.21. The Bertz CT molecular complexity index is 1840. The van der Waals surface area contributed by atoms with Crippen LogP contribution in [0, 0.1) is 0 Å². The second-order valence-electron chi connectivity index (χ2n) is 10.2. The van der Waals surface area contributed by atoms with Crippen LogP contribution in [0.5, 0.6) is 23.0 Å². The highest BCUT2D eigenvalue weighted by Crippen LogP contribution is 2.44. The molecule has 0 fully saturated rings. The Hall–Kier alpha value is -5.74. The van der Waals surface area contributed by atoms with Crippen LogP contribution in [-0.4, -0.2) is 0 Å². The van der Waals surface area contributed by atoms with E-state index in [2.05, 4.69) is 72.8 Å². The molecule has 42 heavy (non-hydrogen) atoms. The van der Waals surface area contributed by atoms with E-state index in [0.717, 1.165) is 22.6 Å². The van der Waals surface area contributed by atoms with Gasteiger partial charge in [0.05, 0.1) is 11.4 Å². The van der Waals surface area contributed by atoms with Crippen molar-refractivity contribution < 1.29 is 9.47 Å². The van der Waals surface area contributed by atoms with Crippen molar-refractivity contribution in [2.45, 2.75) is 0 Å². The smallest absolute Gasteiger partial charge is 0.150 e. The van der Waals surface area contributed by atoms with Gasteiger partial charge in [-0.05, 0) is 92.3 Å². The van der Waals surface area contributed by atoms with Crippen LogP contribution in [-0.2, 0) is 0 Å². The minimum Gasteiger partial charge on any atom is -0.455 e. The number of ether oxygens (including phenoxy) is 2. The fourth-order valence-electron chi connectivity index (χ4n) is 5.53. The standard InChI is InChI=1S/C38H28N2O2/c39-33-13-5-7-15-35(33)41-27-21-17-25(18-22-27)37-29-9-1-2-10-30(29)38(32-12-4-3-11-31(32)37)26-19-23-28(24-20-26)42-36-16-8-6-14-34(36)40/h1-24H,39-40H2. The molecule has 0 aliphatic rings. The molecular weight excluding hydrogens is 516 g/mol. The van der Waals surface area contributed by atoms with Crippen LogP contribution in [0.3, 0.4) is 0 Å². The summed E-state index contributed by atoms with van der Waals surface area (Å²) in [6.45, 7) is 0. The summed E-state index contributed by atoms with van der Waals surface area (Å²) in [6, 6.07) is 48.7. The van der Waals surface area contributed by atoms with E-state index in [1.165, 1.54) is 32.7 Å². The maximum absolute atomic E-state index is 6.09. The van der Waals surface area contributed by atoms with Gasteiger partial charge < -0.3 is 20.9 Å². The van der Waals surface area contributed by atoms with Crippen molar-refractivity contribution in [2.24, 2.45) is 0 Å². The zero-order valence-corrected chi connectivity index (χ0v) is 22.8. The molecule has 0 aromatic heterocycles. The monoisotopic (exact) mass is 544 g/mol. The number of anilines is 2. The van der Waals surface area contributed by atoms with Gasteiger partial charge in [-0.15, -0.1) is 0 Å². The number of rotatable bonds is 6. The Morgan fingerprint density at radius 1 is 0.333 bits per heavy atom. The summed E-state index contributed by atoms with van der Waals surface area (Å²) in [6.07, 6.45) is 0. The van der Waals surface area contributed by atoms with Crippen LogP contribution < -0.4 is 20.9 Å². The predicted octanol–water partition coefficient (Wildman–Crippen LogP) is 10.1. The Morgan fingerprint density at radius 2 is 0.643 bits per heavy atom. The lowest BCUT2D eigenvalue weighted by molar-refractivity contribution is 0.485. The van der Waals surface area contributed by atoms with Crippen molar-refractivity contribution in [3.05, 3.63) is 146 Å². The minimum atomic E-state index is 0.609. The summed E-state index contributed by atoms with van der Waals surface area (Å²) in [5.74, 6) is 2.77. The number of fused-ring (bicyclic) bond motifs is 2. The normalized spacial score (nSPS) is 11.0. The quantitative estimate of drug-likeness (QED) is 0.161. The van der Waals surface area contributed by atoms with Crippen molar-refractivity contribution in [1.29, 1.82) is 0 Å². The predicted molar refractivity (Wildman–Crippen MR) is 174 cm³/mol. The van der Waals surface area contributed by atoms with Crippen LogP contribution in [0.25, 0.3) is 43.8 Å². The Morgan fingerprint density at radius 3 is 0.976 bits per heavy atom. The maximum Gasteiger partial charge on any atom is 0.150 e. The summed E-state index contributed by atoms with van der Waals surface area (Å²) in [5, 5.41) is 4.74. The molecule has 4 N–H and O–H groups in total. The third-order valence-corrected chi connectivity index (χ3v) is 7.51. The molecular formula is C38H28N2O2. The molecule has 0 spiro atoms. The molecule has 0 saturated heterocycles. The maximum atomic E-state index is 6.09. The molecule has 0 amide bonds. The highest BCUT2D eigenvalue weighted by Gasteiger charge is 2.17. The number of benzene rings is 7. The van der Waals surface area contributed by atoms with E-state index in [0.29, 0.717) is 22.9 Å². The van der Waals surface area contributed by atoms with Gasteiger partial charge in [-0.3, -0.25) is 0 Å². The first-order chi connectivity index (χ1) is 20.7. The van der Waals surface area contributed by atoms with Crippen LogP contribution in [0.1, 0.15) is 0 Å². The van der Waals surface area contributed by atoms with Gasteiger partial charge in [-0.25, -0.2) is 0 Å². The van der Waals surface area contributed by atoms with Crippen LogP contribution >= 0.6 is 0 Å². The second-order valence-corrected chi connectivity index (χ2v) is 10.2. The largest absolute Gasteiger partial charge is 0.455 e. The topological polar surface area (TPSA) is 70.5 Å². The van der Waals surface area contributed by atoms with Gasteiger partial charge in [0, 0.05) is 0 Å². The van der Waals surface area contributed by atoms with Crippen molar-refractivity contribution in [2.75, 3.05) is 11.5 Å². The molecule has 4 heteroatoms. The van der Waals surface area contributed by atoms with Gasteiger partial charge in [-0.2, -0.15) is 0 Å². The van der Waals surface area contributed by atoms with Crippen molar-refractivity contribution >= 4 is 32.9 Å². The van der Waals surface area contributed by atoms with E-state index in [9.17, 15) is 0 Å². The van der Waals surface area contributed by atoms with Gasteiger partial charge in [0.1, 0.15) is 23.0 Å². The van der Waals surface area contributed by atoms with E-state index >= 15 is 0 Å². The van der Waals surface area contributed by atoms with E-state index in [1.807, 2.05) is 72.8 Å². The lowest BCUT2D eigenvalue weighted by atomic mass is 9.86. The summed E-state index contributed by atoms with van der Waals surface area (Å²) in [4.78, 5) is 0. The van der Waals surface area contributed by atoms with Gasteiger partial charge >= 0.3 is 0 Å². The van der Waals surface area contributed by atoms with E-state index in [1.54, 1.807) is 0 Å². The average Bonchev–Trinajstić information content (AvgIpc) is 3.03. The molecule has 0 bridgehead atoms. The number of hydrogen-bond acceptors (Lipinski definition) is 4. The van der Waals surface area contributed by atoms with E-state index in [4.69, 9.17) is 20.9 Å². The summed E-state index contributed by atoms with van der Waals surface area (Å²) in [5.41, 5.74) is 18.0. The first-order valence-corrected chi connectivity index (χ1v) is 13.8. The van der Waals surface area contributed by atoms with Gasteiger partial charge in [0.25, 0.3) is 0 Å². The lowest BCUT2D eigenvalue weighted by Gasteiger charge is -2.18. The molecule has 7 aromatic rings. The summed E-state index contributed by atoms with van der Waals surface area (Å²) < 4.78 is 12.1. The van der Waals surface area contributed by atoms with Crippen molar-refractivity contribution in [1.82, 2.24) is 0 Å². The molecule has 0 aliphatic carbocycles. The van der Waals surface area contributed by atoms with E-state index in [-0.39, 0.29) is 0 Å². The average molecular weight is 545 g/mol. The minimum absolute atomic E-state index is 0.609. The zero-order valence-electron chi connectivity index (χ0n) is 22.8. The van der Waals surface area contributed by atoms with E-state index < -0.39 is 0 Å². The molecule has 0 unspecified atom stereocenters. The molecule has 0 saturated carbocycles. The molecule has 7 aromatic carbocycles. The molecule has 202 valence electrons. The number of nitrogens with two attached hydrogens (primary N) is 2. The highest BCUT2D eigenvalue weighted by atomic mass is 16.5. The van der Waals surface area contributed by atoms with Crippen molar-refractivity contribution in [3.63, 3.8) is 0 Å². The zero-order chi connectivity index (χ0) is 28.5. The summed E-state index contributed by atoms with van der Waals surface area (Å²) >= 11 is 0. The Kier molecular flexibility index (Phi) is 6.42. The Balaban J connectivity index is 1.32. The summed E-state index contributed by atoms with van der Waals surface area (Å²) in [7, 11) is 0. The molecule has 0 aliphatic heterocycles. The second kappa shape index (κ2) is 10.7. The fourth-order valence-corrected chi connectivity index (χ4v) is 5.53. The van der Waals surface area contributed by atoms with Gasteiger partial charge in [0.2, 0.25) is 0 Å². The molecule has 0 heterocycles. The number of para-hydroxylation sites is 4. The third kappa shape index (κ3) is 4.65. The molecule has 0 atom stereocenters. The van der Waals surface area contributed by atoms with Gasteiger partial charge in [0.15, 0.2) is 0 Å². The first kappa shape index (κ1) is 25.2. The lowest BCUT2D eigenvalue weighted by Crippen LogP contribution is -1.93. The third-order valence-electron chi connectivity index (χ3n) is 7.51. The molecule has 0 radical (unpaired) electrons. The van der Waals surface area contributed by atoms with Crippen LogP contribution in [0.4, 0.5) is 11.4 Å². The molecule has 7 rings (SSSR count).